The van der Waals surface area contributed by atoms with Crippen molar-refractivity contribution in [3.05, 3.63) is 82.3 Å². The molecule has 1 amide bonds. The molecule has 0 radical (unpaired) electrons. The lowest BCUT2D eigenvalue weighted by Crippen LogP contribution is -2.53. The molecule has 0 aliphatic heterocycles. The van der Waals surface area contributed by atoms with Crippen molar-refractivity contribution >= 4 is 11.7 Å². The fourth-order valence-electron chi connectivity index (χ4n) is 5.25. The number of benzene rings is 2. The van der Waals surface area contributed by atoms with Crippen LogP contribution in [0.2, 0.25) is 0 Å². The number of fused-ring (bicyclic) bond motifs is 1. The molecule has 9 heteroatoms. The number of rotatable bonds is 7. The summed E-state index contributed by atoms with van der Waals surface area (Å²) in [6.45, 7) is 0.0752. The van der Waals surface area contributed by atoms with E-state index in [-0.39, 0.29) is 23.8 Å². The van der Waals surface area contributed by atoms with E-state index in [2.05, 4.69) is 20.4 Å². The summed E-state index contributed by atoms with van der Waals surface area (Å²) in [5.74, 6) is 0.833. The number of aromatic hydroxyl groups is 1. The first-order chi connectivity index (χ1) is 18.0. The Hall–Kier alpha value is -3.98. The number of phenolic OH excluding ortho intramolecular Hbond substituents is 1. The first-order valence-electron chi connectivity index (χ1n) is 12.8. The Morgan fingerprint density at radius 1 is 1.03 bits per heavy atom. The van der Waals surface area contributed by atoms with Crippen LogP contribution in [-0.2, 0) is 21.7 Å². The van der Waals surface area contributed by atoms with Crippen LogP contribution in [0.25, 0.3) is 17.2 Å². The number of ether oxygens (including phenoxy) is 1. The molecular weight excluding hydrogens is 470 g/mol. The van der Waals surface area contributed by atoms with Crippen molar-refractivity contribution in [1.82, 2.24) is 24.9 Å². The molecule has 2 aliphatic rings. The number of nitrogens with one attached hydrogen (secondary N) is 2. The predicted molar refractivity (Wildman–Crippen MR) is 137 cm³/mol. The summed E-state index contributed by atoms with van der Waals surface area (Å²) in [6, 6.07) is 18.0. The third kappa shape index (κ3) is 4.51. The van der Waals surface area contributed by atoms with Gasteiger partial charge in [-0.2, -0.15) is 9.50 Å². The van der Waals surface area contributed by atoms with E-state index in [0.717, 1.165) is 43.2 Å². The van der Waals surface area contributed by atoms with Gasteiger partial charge < -0.3 is 20.1 Å². The lowest BCUT2D eigenvalue weighted by Gasteiger charge is -2.37. The Balaban J connectivity index is 1.23. The quantitative estimate of drug-likeness (QED) is 0.355. The minimum Gasteiger partial charge on any atom is -0.508 e. The van der Waals surface area contributed by atoms with E-state index in [1.165, 1.54) is 10.6 Å². The van der Waals surface area contributed by atoms with Gasteiger partial charge in [-0.1, -0.05) is 61.7 Å². The maximum absolute atomic E-state index is 13.7. The summed E-state index contributed by atoms with van der Waals surface area (Å²) in [4.78, 5) is 34.1. The maximum Gasteiger partial charge on any atom is 0.275 e. The molecule has 2 fully saturated rings. The number of carbonyl (C=O) groups is 1. The van der Waals surface area contributed by atoms with E-state index < -0.39 is 11.1 Å². The predicted octanol–water partition coefficient (Wildman–Crippen LogP) is 3.82. The highest BCUT2D eigenvalue weighted by Crippen LogP contribution is 2.47. The molecule has 9 nitrogen and oxygen atoms in total. The zero-order valence-electron chi connectivity index (χ0n) is 20.4. The minimum absolute atomic E-state index is 0.0752. The summed E-state index contributed by atoms with van der Waals surface area (Å²) in [5.41, 5.74) is 0.502. The second-order valence-electron chi connectivity index (χ2n) is 10.1. The number of nitrogens with zero attached hydrogens (tertiary/aromatic N) is 3. The summed E-state index contributed by atoms with van der Waals surface area (Å²) < 4.78 is 7.60. The van der Waals surface area contributed by atoms with Crippen LogP contribution in [0.5, 0.6) is 5.75 Å². The van der Waals surface area contributed by atoms with Crippen molar-refractivity contribution in [2.45, 2.75) is 62.7 Å². The van der Waals surface area contributed by atoms with E-state index in [4.69, 9.17) is 4.74 Å². The number of hydrogen-bond acceptors (Lipinski definition) is 6. The number of hydrogen-bond donors (Lipinski definition) is 3. The van der Waals surface area contributed by atoms with Crippen LogP contribution in [0.1, 0.15) is 56.2 Å². The second-order valence-corrected chi connectivity index (χ2v) is 10.1. The fourth-order valence-corrected chi connectivity index (χ4v) is 5.25. The van der Waals surface area contributed by atoms with Gasteiger partial charge in [0.25, 0.3) is 11.5 Å². The van der Waals surface area contributed by atoms with E-state index >= 15 is 0 Å². The van der Waals surface area contributed by atoms with Crippen molar-refractivity contribution in [3.63, 3.8) is 0 Å². The number of phenols is 1. The molecule has 2 aromatic carbocycles. The summed E-state index contributed by atoms with van der Waals surface area (Å²) in [6.07, 6.45) is 5.72. The molecule has 37 heavy (non-hydrogen) atoms. The zero-order valence-corrected chi connectivity index (χ0v) is 20.4. The molecule has 0 bridgehead atoms. The number of aromatic amines is 1. The van der Waals surface area contributed by atoms with E-state index in [0.29, 0.717) is 30.1 Å². The monoisotopic (exact) mass is 499 g/mol. The van der Waals surface area contributed by atoms with Gasteiger partial charge in [0.05, 0.1) is 12.1 Å². The van der Waals surface area contributed by atoms with Gasteiger partial charge in [-0.15, -0.1) is 5.10 Å². The van der Waals surface area contributed by atoms with Gasteiger partial charge in [0.15, 0.2) is 5.82 Å². The molecule has 2 aromatic heterocycles. The first-order valence-corrected chi connectivity index (χ1v) is 12.8. The molecule has 0 atom stereocenters. The highest BCUT2D eigenvalue weighted by atomic mass is 16.5. The summed E-state index contributed by atoms with van der Waals surface area (Å²) >= 11 is 0. The Labute approximate surface area is 213 Å². The third-order valence-electron chi connectivity index (χ3n) is 7.50. The Morgan fingerprint density at radius 2 is 1.81 bits per heavy atom. The van der Waals surface area contributed by atoms with Gasteiger partial charge in [0.1, 0.15) is 11.4 Å². The number of carbonyl (C=O) groups excluding carboxylic acids is 1. The smallest absolute Gasteiger partial charge is 0.275 e. The van der Waals surface area contributed by atoms with Gasteiger partial charge in [-0.3, -0.25) is 9.59 Å². The molecule has 0 spiro atoms. The van der Waals surface area contributed by atoms with E-state index in [1.54, 1.807) is 18.2 Å². The highest BCUT2D eigenvalue weighted by molar-refractivity contribution is 5.86. The molecule has 4 aromatic rings. The zero-order chi connectivity index (χ0) is 25.5. The van der Waals surface area contributed by atoms with Crippen LogP contribution >= 0.6 is 0 Å². The van der Waals surface area contributed by atoms with Gasteiger partial charge in [-0.25, -0.2) is 0 Å². The van der Waals surface area contributed by atoms with Gasteiger partial charge >= 0.3 is 0 Å². The number of H-pyrrole nitrogens is 1. The lowest BCUT2D eigenvalue weighted by molar-refractivity contribution is -0.155. The van der Waals surface area contributed by atoms with Gasteiger partial charge in [-0.05, 0) is 43.4 Å². The van der Waals surface area contributed by atoms with Crippen LogP contribution in [0, 0.1) is 0 Å². The number of aromatic nitrogens is 4. The lowest BCUT2D eigenvalue weighted by atomic mass is 9.83. The van der Waals surface area contributed by atoms with E-state index in [9.17, 15) is 14.7 Å². The number of amides is 1. The van der Waals surface area contributed by atoms with Crippen LogP contribution in [0.3, 0.4) is 0 Å². The third-order valence-corrected chi connectivity index (χ3v) is 7.50. The van der Waals surface area contributed by atoms with Crippen LogP contribution in [-0.4, -0.2) is 36.2 Å². The fraction of sp³-hybridized carbons (Fsp3) is 0.357. The average molecular weight is 500 g/mol. The van der Waals surface area contributed by atoms with Crippen molar-refractivity contribution in [3.8, 4) is 17.1 Å². The highest BCUT2D eigenvalue weighted by Gasteiger charge is 2.50. The van der Waals surface area contributed by atoms with Crippen molar-refractivity contribution in [2.24, 2.45) is 0 Å². The second kappa shape index (κ2) is 9.15. The molecule has 3 N–H and O–H groups in total. The SMILES string of the molecule is O=C(NC1(c2cccc(O)c2)CC1)C1(OCc2cc(=O)n3nc(-c4ccccc4)nc3[nH]2)CCCCC1. The standard InChI is InChI=1S/C28H29N5O4/c34-22-11-7-10-20(16-22)27(14-15-27)31-25(36)28(12-5-2-6-13-28)37-18-21-17-23(35)33-26(29-21)30-24(32-33)19-8-3-1-4-9-19/h1,3-4,7-11,16-17,34H,2,5-6,12-15,18H2,(H,31,36)(H,29,30,32). The Kier molecular flexibility index (Phi) is 5.79. The Morgan fingerprint density at radius 3 is 2.54 bits per heavy atom. The van der Waals surface area contributed by atoms with Crippen LogP contribution < -0.4 is 10.9 Å². The molecular formula is C28H29N5O4. The van der Waals surface area contributed by atoms with Crippen molar-refractivity contribution in [1.29, 1.82) is 0 Å². The molecule has 0 unspecified atom stereocenters. The van der Waals surface area contributed by atoms with Gasteiger partial charge in [0.2, 0.25) is 5.78 Å². The molecule has 2 aliphatic carbocycles. The largest absolute Gasteiger partial charge is 0.508 e. The summed E-state index contributed by atoms with van der Waals surface area (Å²) in [7, 11) is 0. The first kappa shape index (κ1) is 23.4. The van der Waals surface area contributed by atoms with Crippen molar-refractivity contribution in [2.75, 3.05) is 0 Å². The molecule has 0 saturated heterocycles. The maximum atomic E-state index is 13.7. The van der Waals surface area contributed by atoms with Crippen LogP contribution in [0.4, 0.5) is 0 Å². The van der Waals surface area contributed by atoms with Crippen LogP contribution in [0.15, 0.2) is 65.5 Å². The van der Waals surface area contributed by atoms with Crippen molar-refractivity contribution < 1.29 is 14.6 Å². The summed E-state index contributed by atoms with van der Waals surface area (Å²) in [5, 5.41) is 17.5. The van der Waals surface area contributed by atoms with E-state index in [1.807, 2.05) is 36.4 Å². The normalized spacial score (nSPS) is 17.9. The minimum atomic E-state index is -0.976. The molecule has 6 rings (SSSR count). The molecule has 2 saturated carbocycles. The Bertz CT molecular complexity index is 1500. The topological polar surface area (TPSA) is 122 Å². The molecule has 190 valence electrons. The van der Waals surface area contributed by atoms with Gasteiger partial charge in [0, 0.05) is 17.3 Å². The molecule has 2 heterocycles. The average Bonchev–Trinajstić information content (AvgIpc) is 3.57.